The monoisotopic (exact) mass is 411 g/mol. The SMILES string of the molecule is COc1ccc(C(C)Nc2c(C)cc(Br)cc2C)cc1Br. The highest BCUT2D eigenvalue weighted by atomic mass is 79.9. The molecule has 0 saturated heterocycles. The number of anilines is 1. The molecule has 0 aromatic heterocycles. The lowest BCUT2D eigenvalue weighted by molar-refractivity contribution is 0.412. The Morgan fingerprint density at radius 1 is 1.05 bits per heavy atom. The Kier molecular flexibility index (Phi) is 5.33. The van der Waals surface area contributed by atoms with Crippen LogP contribution in [0.5, 0.6) is 5.75 Å². The molecule has 2 rings (SSSR count). The summed E-state index contributed by atoms with van der Waals surface area (Å²) in [4.78, 5) is 0. The molecule has 2 aromatic rings. The summed E-state index contributed by atoms with van der Waals surface area (Å²) in [5.74, 6) is 0.849. The van der Waals surface area contributed by atoms with Gasteiger partial charge in [-0.05, 0) is 77.7 Å². The van der Waals surface area contributed by atoms with Gasteiger partial charge in [-0.3, -0.25) is 0 Å². The van der Waals surface area contributed by atoms with Crippen molar-refractivity contribution in [3.63, 3.8) is 0 Å². The van der Waals surface area contributed by atoms with Gasteiger partial charge in [0.05, 0.1) is 11.6 Å². The van der Waals surface area contributed by atoms with E-state index in [1.807, 2.05) is 6.07 Å². The van der Waals surface area contributed by atoms with Crippen LogP contribution < -0.4 is 10.1 Å². The third-order valence-corrected chi connectivity index (χ3v) is 4.61. The van der Waals surface area contributed by atoms with Crippen LogP contribution >= 0.6 is 31.9 Å². The summed E-state index contributed by atoms with van der Waals surface area (Å²) >= 11 is 7.08. The molecule has 0 amide bonds. The second-order valence-corrected chi connectivity index (χ2v) is 6.94. The van der Waals surface area contributed by atoms with E-state index in [0.717, 1.165) is 14.7 Å². The summed E-state index contributed by atoms with van der Waals surface area (Å²) in [6.45, 7) is 6.41. The van der Waals surface area contributed by atoms with Crippen molar-refractivity contribution in [3.05, 3.63) is 56.0 Å². The number of aryl methyl sites for hydroxylation is 2. The van der Waals surface area contributed by atoms with Crippen LogP contribution in [0.1, 0.15) is 29.7 Å². The van der Waals surface area contributed by atoms with E-state index in [4.69, 9.17) is 4.74 Å². The number of methoxy groups -OCH3 is 1. The molecule has 1 N–H and O–H groups in total. The standard InChI is InChI=1S/C17H19Br2NO/c1-10-7-14(18)8-11(2)17(10)20-12(3)13-5-6-16(21-4)15(19)9-13/h5-9,12,20H,1-4H3. The van der Waals surface area contributed by atoms with Crippen LogP contribution in [0.25, 0.3) is 0 Å². The molecule has 0 fully saturated rings. The third kappa shape index (κ3) is 3.80. The Labute approximate surface area is 143 Å². The normalized spacial score (nSPS) is 12.1. The zero-order valence-corrected chi connectivity index (χ0v) is 15.8. The van der Waals surface area contributed by atoms with Gasteiger partial charge in [0.2, 0.25) is 0 Å². The molecule has 2 aromatic carbocycles. The van der Waals surface area contributed by atoms with Gasteiger partial charge in [-0.1, -0.05) is 22.0 Å². The fourth-order valence-electron chi connectivity index (χ4n) is 2.39. The van der Waals surface area contributed by atoms with Gasteiger partial charge in [-0.15, -0.1) is 0 Å². The van der Waals surface area contributed by atoms with Crippen LogP contribution in [-0.2, 0) is 0 Å². The highest BCUT2D eigenvalue weighted by Gasteiger charge is 2.11. The van der Waals surface area contributed by atoms with Gasteiger partial charge in [0.15, 0.2) is 0 Å². The molecule has 1 unspecified atom stereocenters. The molecular weight excluding hydrogens is 394 g/mol. The number of rotatable bonds is 4. The molecule has 1 atom stereocenters. The summed E-state index contributed by atoms with van der Waals surface area (Å²) in [5, 5.41) is 3.60. The van der Waals surface area contributed by atoms with Crippen LogP contribution in [0.4, 0.5) is 5.69 Å². The molecular formula is C17H19Br2NO. The fraction of sp³-hybridized carbons (Fsp3) is 0.294. The zero-order chi connectivity index (χ0) is 15.6. The maximum Gasteiger partial charge on any atom is 0.133 e. The van der Waals surface area contributed by atoms with E-state index in [1.54, 1.807) is 7.11 Å². The topological polar surface area (TPSA) is 21.3 Å². The van der Waals surface area contributed by atoms with Crippen LogP contribution in [-0.4, -0.2) is 7.11 Å². The molecule has 21 heavy (non-hydrogen) atoms. The minimum atomic E-state index is 0.214. The Morgan fingerprint density at radius 2 is 1.67 bits per heavy atom. The molecule has 0 saturated carbocycles. The maximum atomic E-state index is 5.28. The highest BCUT2D eigenvalue weighted by molar-refractivity contribution is 9.10. The quantitative estimate of drug-likeness (QED) is 0.663. The van der Waals surface area contributed by atoms with Gasteiger partial charge >= 0.3 is 0 Å². The van der Waals surface area contributed by atoms with Gasteiger partial charge < -0.3 is 10.1 Å². The van der Waals surface area contributed by atoms with E-state index < -0.39 is 0 Å². The zero-order valence-electron chi connectivity index (χ0n) is 12.6. The van der Waals surface area contributed by atoms with E-state index >= 15 is 0 Å². The number of hydrogen-bond acceptors (Lipinski definition) is 2. The summed E-state index contributed by atoms with van der Waals surface area (Å²) in [6.07, 6.45) is 0. The summed E-state index contributed by atoms with van der Waals surface area (Å²) in [6, 6.07) is 10.6. The van der Waals surface area contributed by atoms with E-state index in [9.17, 15) is 0 Å². The van der Waals surface area contributed by atoms with Gasteiger partial charge in [0.25, 0.3) is 0 Å². The van der Waals surface area contributed by atoms with Gasteiger partial charge in [-0.25, -0.2) is 0 Å². The first-order valence-electron chi connectivity index (χ1n) is 6.79. The lowest BCUT2D eigenvalue weighted by Gasteiger charge is -2.20. The van der Waals surface area contributed by atoms with E-state index in [2.05, 4.69) is 82.2 Å². The maximum absolute atomic E-state index is 5.28. The fourth-order valence-corrected chi connectivity index (χ4v) is 3.64. The first kappa shape index (κ1) is 16.4. The van der Waals surface area contributed by atoms with Crippen molar-refractivity contribution in [2.24, 2.45) is 0 Å². The second kappa shape index (κ2) is 6.84. The first-order valence-corrected chi connectivity index (χ1v) is 8.37. The number of hydrogen-bond donors (Lipinski definition) is 1. The Morgan fingerprint density at radius 3 is 2.19 bits per heavy atom. The Balaban J connectivity index is 2.26. The summed E-state index contributed by atoms with van der Waals surface area (Å²) in [5.41, 5.74) is 4.88. The molecule has 0 aliphatic heterocycles. The predicted molar refractivity (Wildman–Crippen MR) is 96.3 cm³/mol. The molecule has 0 spiro atoms. The lowest BCUT2D eigenvalue weighted by Crippen LogP contribution is -2.09. The van der Waals surface area contributed by atoms with E-state index in [-0.39, 0.29) is 6.04 Å². The molecule has 0 heterocycles. The molecule has 0 aliphatic rings. The second-order valence-electron chi connectivity index (χ2n) is 5.17. The molecule has 0 aliphatic carbocycles. The average molecular weight is 413 g/mol. The van der Waals surface area contributed by atoms with Crippen molar-refractivity contribution in [3.8, 4) is 5.75 Å². The minimum Gasteiger partial charge on any atom is -0.496 e. The predicted octanol–water partition coefficient (Wildman–Crippen LogP) is 6.01. The third-order valence-electron chi connectivity index (χ3n) is 3.53. The summed E-state index contributed by atoms with van der Waals surface area (Å²) < 4.78 is 7.36. The van der Waals surface area contributed by atoms with E-state index in [1.165, 1.54) is 22.4 Å². The van der Waals surface area contributed by atoms with Gasteiger partial charge in [-0.2, -0.15) is 0 Å². The van der Waals surface area contributed by atoms with Crippen molar-refractivity contribution in [1.29, 1.82) is 0 Å². The Hall–Kier alpha value is -1.000. The van der Waals surface area contributed by atoms with Crippen LogP contribution in [0.3, 0.4) is 0 Å². The first-order chi connectivity index (χ1) is 9.92. The summed E-state index contributed by atoms with van der Waals surface area (Å²) in [7, 11) is 1.68. The minimum absolute atomic E-state index is 0.214. The van der Waals surface area contributed by atoms with Crippen molar-refractivity contribution >= 4 is 37.5 Å². The molecule has 0 radical (unpaired) electrons. The lowest BCUT2D eigenvalue weighted by atomic mass is 10.0. The number of nitrogens with one attached hydrogen (secondary N) is 1. The smallest absolute Gasteiger partial charge is 0.133 e. The largest absolute Gasteiger partial charge is 0.496 e. The Bertz CT molecular complexity index is 632. The van der Waals surface area contributed by atoms with E-state index in [0.29, 0.717) is 0 Å². The van der Waals surface area contributed by atoms with Crippen molar-refractivity contribution < 1.29 is 4.74 Å². The van der Waals surface area contributed by atoms with Crippen molar-refractivity contribution in [1.82, 2.24) is 0 Å². The average Bonchev–Trinajstić information content (AvgIpc) is 2.42. The highest BCUT2D eigenvalue weighted by Crippen LogP contribution is 2.32. The molecule has 4 heteroatoms. The van der Waals surface area contributed by atoms with Crippen LogP contribution in [0.2, 0.25) is 0 Å². The van der Waals surface area contributed by atoms with Crippen LogP contribution in [0, 0.1) is 13.8 Å². The molecule has 0 bridgehead atoms. The van der Waals surface area contributed by atoms with Crippen LogP contribution in [0.15, 0.2) is 39.3 Å². The molecule has 2 nitrogen and oxygen atoms in total. The number of ether oxygens (including phenoxy) is 1. The number of halogens is 2. The van der Waals surface area contributed by atoms with Crippen molar-refractivity contribution in [2.45, 2.75) is 26.8 Å². The van der Waals surface area contributed by atoms with Crippen molar-refractivity contribution in [2.75, 3.05) is 12.4 Å². The number of benzene rings is 2. The van der Waals surface area contributed by atoms with Gasteiger partial charge in [0, 0.05) is 16.2 Å². The molecule has 112 valence electrons. The van der Waals surface area contributed by atoms with Gasteiger partial charge in [0.1, 0.15) is 5.75 Å².